The second kappa shape index (κ2) is 8.03. The topological polar surface area (TPSA) is 53.5 Å². The van der Waals surface area contributed by atoms with Gasteiger partial charge in [-0.3, -0.25) is 9.59 Å². The monoisotopic (exact) mass is 387 g/mol. The Hall–Kier alpha value is -3.21. The van der Waals surface area contributed by atoms with E-state index in [1.54, 1.807) is 0 Å². The SMILES string of the molecule is CC(C)C(=O)N1CCN(C(=O)c2cc(-c3ccccc3)nc3ccccc23)CC1. The Labute approximate surface area is 171 Å². The van der Waals surface area contributed by atoms with Gasteiger partial charge in [0.05, 0.1) is 16.8 Å². The van der Waals surface area contributed by atoms with Gasteiger partial charge in [-0.15, -0.1) is 0 Å². The number of nitrogens with zero attached hydrogens (tertiary/aromatic N) is 3. The van der Waals surface area contributed by atoms with Crippen LogP contribution in [0.4, 0.5) is 0 Å². The molecule has 2 heterocycles. The molecule has 0 unspecified atom stereocenters. The largest absolute Gasteiger partial charge is 0.339 e. The van der Waals surface area contributed by atoms with Crippen LogP contribution in [0, 0.1) is 5.92 Å². The zero-order chi connectivity index (χ0) is 20.4. The molecule has 1 aliphatic heterocycles. The zero-order valence-corrected chi connectivity index (χ0v) is 16.8. The van der Waals surface area contributed by atoms with Gasteiger partial charge in [0.15, 0.2) is 0 Å². The van der Waals surface area contributed by atoms with Gasteiger partial charge >= 0.3 is 0 Å². The minimum atomic E-state index is -0.0187. The summed E-state index contributed by atoms with van der Waals surface area (Å²) in [5.41, 5.74) is 3.25. The van der Waals surface area contributed by atoms with Crippen LogP contribution in [0.1, 0.15) is 24.2 Å². The highest BCUT2D eigenvalue weighted by molar-refractivity contribution is 6.07. The molecule has 1 saturated heterocycles. The van der Waals surface area contributed by atoms with Crippen molar-refractivity contribution in [3.8, 4) is 11.3 Å². The van der Waals surface area contributed by atoms with Crippen LogP contribution >= 0.6 is 0 Å². The molecule has 5 heteroatoms. The molecule has 1 fully saturated rings. The van der Waals surface area contributed by atoms with Crippen molar-refractivity contribution in [1.82, 2.24) is 14.8 Å². The normalized spacial score (nSPS) is 14.4. The minimum Gasteiger partial charge on any atom is -0.339 e. The van der Waals surface area contributed by atoms with Gasteiger partial charge in [0, 0.05) is 43.0 Å². The van der Waals surface area contributed by atoms with Crippen molar-refractivity contribution in [2.75, 3.05) is 26.2 Å². The minimum absolute atomic E-state index is 0.00238. The molecule has 0 saturated carbocycles. The van der Waals surface area contributed by atoms with Crippen LogP contribution < -0.4 is 0 Å². The van der Waals surface area contributed by atoms with Gasteiger partial charge in [-0.1, -0.05) is 62.4 Å². The third kappa shape index (κ3) is 3.86. The van der Waals surface area contributed by atoms with E-state index in [2.05, 4.69) is 0 Å². The van der Waals surface area contributed by atoms with Crippen molar-refractivity contribution >= 4 is 22.7 Å². The fraction of sp³-hybridized carbons (Fsp3) is 0.292. The number of rotatable bonds is 3. The number of carbonyl (C=O) groups excluding carboxylic acids is 2. The molecule has 0 N–H and O–H groups in total. The molecule has 4 rings (SSSR count). The second-order valence-corrected chi connectivity index (χ2v) is 7.71. The molecule has 0 atom stereocenters. The van der Waals surface area contributed by atoms with Crippen LogP contribution in [0.25, 0.3) is 22.2 Å². The predicted molar refractivity (Wildman–Crippen MR) is 115 cm³/mol. The molecule has 0 radical (unpaired) electrons. The lowest BCUT2D eigenvalue weighted by Crippen LogP contribution is -2.51. The number of amides is 2. The van der Waals surface area contributed by atoms with Crippen LogP contribution in [-0.2, 0) is 4.79 Å². The number of benzene rings is 2. The van der Waals surface area contributed by atoms with Crippen LogP contribution in [0.2, 0.25) is 0 Å². The van der Waals surface area contributed by atoms with Crippen molar-refractivity contribution in [2.24, 2.45) is 5.92 Å². The van der Waals surface area contributed by atoms with Crippen molar-refractivity contribution < 1.29 is 9.59 Å². The standard InChI is InChI=1S/C24H25N3O2/c1-17(2)23(28)26-12-14-27(15-13-26)24(29)20-16-22(18-8-4-3-5-9-18)25-21-11-7-6-10-19(20)21/h3-11,16-17H,12-15H2,1-2H3. The molecule has 5 nitrogen and oxygen atoms in total. The average molecular weight is 387 g/mol. The zero-order valence-electron chi connectivity index (χ0n) is 16.8. The number of hydrogen-bond acceptors (Lipinski definition) is 3. The van der Waals surface area contributed by atoms with Gasteiger partial charge in [-0.2, -0.15) is 0 Å². The molecule has 2 amide bonds. The lowest BCUT2D eigenvalue weighted by atomic mass is 10.0. The van der Waals surface area contributed by atoms with E-state index in [-0.39, 0.29) is 17.7 Å². The van der Waals surface area contributed by atoms with Gasteiger partial charge in [-0.25, -0.2) is 4.98 Å². The first-order chi connectivity index (χ1) is 14.0. The summed E-state index contributed by atoms with van der Waals surface area (Å²) in [6.07, 6.45) is 0. The van der Waals surface area contributed by atoms with Crippen molar-refractivity contribution in [3.63, 3.8) is 0 Å². The van der Waals surface area contributed by atoms with Crippen molar-refractivity contribution in [3.05, 3.63) is 66.2 Å². The van der Waals surface area contributed by atoms with Gasteiger partial charge in [0.2, 0.25) is 5.91 Å². The molecule has 148 valence electrons. The highest BCUT2D eigenvalue weighted by Crippen LogP contribution is 2.26. The Morgan fingerprint density at radius 1 is 0.862 bits per heavy atom. The fourth-order valence-corrected chi connectivity index (χ4v) is 3.77. The Morgan fingerprint density at radius 3 is 2.17 bits per heavy atom. The molecule has 1 aromatic heterocycles. The number of piperazine rings is 1. The maximum absolute atomic E-state index is 13.4. The third-order valence-corrected chi connectivity index (χ3v) is 5.39. The summed E-state index contributed by atoms with van der Waals surface area (Å²) < 4.78 is 0. The van der Waals surface area contributed by atoms with E-state index in [0.717, 1.165) is 22.2 Å². The molecule has 2 aromatic carbocycles. The fourth-order valence-electron chi connectivity index (χ4n) is 3.77. The summed E-state index contributed by atoms with van der Waals surface area (Å²) in [6.45, 7) is 6.08. The Morgan fingerprint density at radius 2 is 1.48 bits per heavy atom. The van der Waals surface area contributed by atoms with Crippen LogP contribution in [0.3, 0.4) is 0 Å². The van der Waals surface area contributed by atoms with E-state index in [9.17, 15) is 9.59 Å². The van der Waals surface area contributed by atoms with E-state index < -0.39 is 0 Å². The summed E-state index contributed by atoms with van der Waals surface area (Å²) in [5.74, 6) is 0.130. The summed E-state index contributed by atoms with van der Waals surface area (Å²) >= 11 is 0. The average Bonchev–Trinajstić information content (AvgIpc) is 2.78. The van der Waals surface area contributed by atoms with Gasteiger partial charge in [0.25, 0.3) is 5.91 Å². The molecule has 3 aromatic rings. The Kier molecular flexibility index (Phi) is 5.30. The highest BCUT2D eigenvalue weighted by Gasteiger charge is 2.27. The van der Waals surface area contributed by atoms with Crippen LogP contribution in [0.5, 0.6) is 0 Å². The lowest BCUT2D eigenvalue weighted by molar-refractivity contribution is -0.135. The van der Waals surface area contributed by atoms with E-state index >= 15 is 0 Å². The third-order valence-electron chi connectivity index (χ3n) is 5.39. The molecular weight excluding hydrogens is 362 g/mol. The number of hydrogen-bond donors (Lipinski definition) is 0. The van der Waals surface area contributed by atoms with E-state index in [1.165, 1.54) is 0 Å². The van der Waals surface area contributed by atoms with Gasteiger partial charge < -0.3 is 9.80 Å². The number of pyridine rings is 1. The summed E-state index contributed by atoms with van der Waals surface area (Å²) in [5, 5.41) is 0.859. The number of aromatic nitrogens is 1. The first-order valence-electron chi connectivity index (χ1n) is 10.1. The number of para-hydroxylation sites is 1. The second-order valence-electron chi connectivity index (χ2n) is 7.71. The van der Waals surface area contributed by atoms with Gasteiger partial charge in [0.1, 0.15) is 0 Å². The quantitative estimate of drug-likeness (QED) is 0.686. The molecular formula is C24H25N3O2. The molecule has 1 aliphatic rings. The van der Waals surface area contributed by atoms with Crippen molar-refractivity contribution in [2.45, 2.75) is 13.8 Å². The number of carbonyl (C=O) groups is 2. The molecule has 29 heavy (non-hydrogen) atoms. The Balaban J connectivity index is 1.65. The van der Waals surface area contributed by atoms with Gasteiger partial charge in [-0.05, 0) is 12.1 Å². The van der Waals surface area contributed by atoms with Crippen LogP contribution in [-0.4, -0.2) is 52.8 Å². The summed E-state index contributed by atoms with van der Waals surface area (Å²) in [7, 11) is 0. The van der Waals surface area contributed by atoms with E-state index in [0.29, 0.717) is 31.7 Å². The van der Waals surface area contributed by atoms with E-state index in [4.69, 9.17) is 4.98 Å². The smallest absolute Gasteiger partial charge is 0.254 e. The lowest BCUT2D eigenvalue weighted by Gasteiger charge is -2.35. The predicted octanol–water partition coefficient (Wildman–Crippen LogP) is 3.84. The van der Waals surface area contributed by atoms with E-state index in [1.807, 2.05) is 84.3 Å². The summed E-state index contributed by atoms with van der Waals surface area (Å²) in [6, 6.07) is 19.6. The first kappa shape index (κ1) is 19.1. The first-order valence-corrected chi connectivity index (χ1v) is 10.1. The summed E-state index contributed by atoms with van der Waals surface area (Å²) in [4.78, 5) is 34.1. The molecule has 0 bridgehead atoms. The van der Waals surface area contributed by atoms with Crippen LogP contribution in [0.15, 0.2) is 60.7 Å². The Bertz CT molecular complexity index is 1040. The van der Waals surface area contributed by atoms with Crippen molar-refractivity contribution in [1.29, 1.82) is 0 Å². The highest BCUT2D eigenvalue weighted by atomic mass is 16.2. The maximum atomic E-state index is 13.4. The molecule has 0 spiro atoms. The maximum Gasteiger partial charge on any atom is 0.254 e. The molecule has 0 aliphatic carbocycles. The number of fused-ring (bicyclic) bond motifs is 1.